The Balaban J connectivity index is 2.04. The molecule has 85 valence electrons. The molecule has 0 saturated carbocycles. The van der Waals surface area contributed by atoms with Crippen LogP contribution in [-0.2, 0) is 6.61 Å². The van der Waals surface area contributed by atoms with E-state index < -0.39 is 5.97 Å². The summed E-state index contributed by atoms with van der Waals surface area (Å²) in [5, 5.41) is 8.85. The molecule has 2 aromatic carbocycles. The van der Waals surface area contributed by atoms with Crippen LogP contribution < -0.4 is 4.74 Å². The molecule has 3 heteroatoms. The summed E-state index contributed by atoms with van der Waals surface area (Å²) in [5.74, 6) is -0.189. The Kier molecular flexibility index (Phi) is 3.40. The smallest absolute Gasteiger partial charge is 0.335 e. The fourth-order valence-corrected chi connectivity index (χ4v) is 1.43. The summed E-state index contributed by atoms with van der Waals surface area (Å²) in [6.45, 7) is 0.352. The molecule has 0 aliphatic carbocycles. The van der Waals surface area contributed by atoms with E-state index in [9.17, 15) is 4.79 Å². The van der Waals surface area contributed by atoms with Crippen LogP contribution in [0.3, 0.4) is 0 Å². The standard InChI is InChI=1S/C14H11O3/c15-14(16)12-6-4-5-11(9-12)10-17-13-7-2-1-3-8-13/h2-9H,10H2,(H,15,16). The van der Waals surface area contributed by atoms with Gasteiger partial charge in [0.1, 0.15) is 12.4 Å². The average molecular weight is 227 g/mol. The number of benzene rings is 2. The van der Waals surface area contributed by atoms with Crippen molar-refractivity contribution in [2.24, 2.45) is 0 Å². The molecule has 2 aromatic rings. The van der Waals surface area contributed by atoms with Gasteiger partial charge in [0.15, 0.2) is 0 Å². The number of carboxylic acid groups (broad SMARTS) is 1. The van der Waals surface area contributed by atoms with E-state index in [1.165, 1.54) is 0 Å². The molecule has 0 heterocycles. The van der Waals surface area contributed by atoms with E-state index in [1.807, 2.05) is 6.07 Å². The minimum Gasteiger partial charge on any atom is -0.489 e. The van der Waals surface area contributed by atoms with Crippen molar-refractivity contribution in [2.45, 2.75) is 6.61 Å². The van der Waals surface area contributed by atoms with Crippen molar-refractivity contribution in [1.82, 2.24) is 0 Å². The molecule has 0 atom stereocenters. The third-order valence-corrected chi connectivity index (χ3v) is 2.27. The van der Waals surface area contributed by atoms with E-state index in [1.54, 1.807) is 42.5 Å². The van der Waals surface area contributed by atoms with Gasteiger partial charge in [-0.1, -0.05) is 24.3 Å². The maximum Gasteiger partial charge on any atom is 0.335 e. The van der Waals surface area contributed by atoms with E-state index in [0.717, 1.165) is 11.3 Å². The molecule has 1 N–H and O–H groups in total. The van der Waals surface area contributed by atoms with Gasteiger partial charge in [0.2, 0.25) is 0 Å². The molecular weight excluding hydrogens is 216 g/mol. The molecule has 0 unspecified atom stereocenters. The number of hydrogen-bond donors (Lipinski definition) is 1. The maximum atomic E-state index is 10.8. The van der Waals surface area contributed by atoms with Gasteiger partial charge in [0.05, 0.1) is 5.56 Å². The Morgan fingerprint density at radius 2 is 2.00 bits per heavy atom. The normalized spacial score (nSPS) is 9.88. The van der Waals surface area contributed by atoms with E-state index >= 15 is 0 Å². The van der Waals surface area contributed by atoms with Crippen molar-refractivity contribution in [3.63, 3.8) is 0 Å². The minimum absolute atomic E-state index is 0.271. The maximum absolute atomic E-state index is 10.8. The van der Waals surface area contributed by atoms with Crippen LogP contribution in [0.2, 0.25) is 0 Å². The predicted octanol–water partition coefficient (Wildman–Crippen LogP) is 2.76. The third-order valence-electron chi connectivity index (χ3n) is 2.27. The van der Waals surface area contributed by atoms with Crippen molar-refractivity contribution in [2.75, 3.05) is 0 Å². The number of carbonyl (C=O) groups is 1. The Morgan fingerprint density at radius 3 is 2.71 bits per heavy atom. The van der Waals surface area contributed by atoms with E-state index in [4.69, 9.17) is 9.84 Å². The zero-order valence-corrected chi connectivity index (χ0v) is 9.09. The van der Waals surface area contributed by atoms with Crippen LogP contribution in [0.15, 0.2) is 48.5 Å². The molecule has 1 radical (unpaired) electrons. The summed E-state index contributed by atoms with van der Waals surface area (Å²) in [7, 11) is 0. The summed E-state index contributed by atoms with van der Waals surface area (Å²) < 4.78 is 5.51. The zero-order valence-electron chi connectivity index (χ0n) is 9.09. The lowest BCUT2D eigenvalue weighted by atomic mass is 10.1. The highest BCUT2D eigenvalue weighted by atomic mass is 16.5. The number of carboxylic acids is 1. The molecule has 0 aromatic heterocycles. The van der Waals surface area contributed by atoms with Gasteiger partial charge in [-0.25, -0.2) is 4.79 Å². The van der Waals surface area contributed by atoms with Gasteiger partial charge in [-0.05, 0) is 35.9 Å². The minimum atomic E-state index is -0.929. The van der Waals surface area contributed by atoms with Crippen LogP contribution in [0.1, 0.15) is 15.9 Å². The highest BCUT2D eigenvalue weighted by Gasteiger charge is 2.03. The van der Waals surface area contributed by atoms with E-state index in [0.29, 0.717) is 6.61 Å². The van der Waals surface area contributed by atoms with Crippen LogP contribution in [0, 0.1) is 6.07 Å². The van der Waals surface area contributed by atoms with Crippen LogP contribution in [0.5, 0.6) is 5.75 Å². The summed E-state index contributed by atoms with van der Waals surface area (Å²) in [6.07, 6.45) is 0. The molecule has 0 bridgehead atoms. The Labute approximate surface area is 99.3 Å². The van der Waals surface area contributed by atoms with E-state index in [2.05, 4.69) is 6.07 Å². The van der Waals surface area contributed by atoms with Gasteiger partial charge < -0.3 is 9.84 Å². The van der Waals surface area contributed by atoms with Crippen molar-refractivity contribution >= 4 is 5.97 Å². The summed E-state index contributed by atoms with van der Waals surface area (Å²) >= 11 is 0. The highest BCUT2D eigenvalue weighted by molar-refractivity contribution is 5.87. The number of rotatable bonds is 4. The molecule has 17 heavy (non-hydrogen) atoms. The first-order chi connectivity index (χ1) is 8.25. The van der Waals surface area contributed by atoms with Crippen molar-refractivity contribution in [3.05, 3.63) is 65.7 Å². The number of aromatic carboxylic acids is 1. The molecule has 0 spiro atoms. The third kappa shape index (κ3) is 3.08. The first-order valence-corrected chi connectivity index (χ1v) is 5.17. The molecule has 3 nitrogen and oxygen atoms in total. The highest BCUT2D eigenvalue weighted by Crippen LogP contribution is 2.12. The molecule has 2 rings (SSSR count). The number of hydrogen-bond acceptors (Lipinski definition) is 2. The largest absolute Gasteiger partial charge is 0.489 e. The zero-order chi connectivity index (χ0) is 12.1. The first-order valence-electron chi connectivity index (χ1n) is 5.17. The molecule has 0 fully saturated rings. The number of ether oxygens (including phenoxy) is 1. The molecule has 0 aliphatic rings. The summed E-state index contributed by atoms with van der Waals surface area (Å²) in [4.78, 5) is 10.8. The van der Waals surface area contributed by atoms with Gasteiger partial charge in [-0.2, -0.15) is 0 Å². The molecular formula is C14H11O3. The Morgan fingerprint density at radius 1 is 1.24 bits per heavy atom. The SMILES string of the molecule is O=C(O)c1cccc(COc2cc[c]cc2)c1. The van der Waals surface area contributed by atoms with Crippen molar-refractivity contribution in [1.29, 1.82) is 0 Å². The first kappa shape index (κ1) is 11.2. The fraction of sp³-hybridized carbons (Fsp3) is 0.0714. The van der Waals surface area contributed by atoms with Crippen LogP contribution >= 0.6 is 0 Å². The van der Waals surface area contributed by atoms with Crippen molar-refractivity contribution in [3.8, 4) is 5.75 Å². The van der Waals surface area contributed by atoms with Crippen molar-refractivity contribution < 1.29 is 14.6 Å². The van der Waals surface area contributed by atoms with Gasteiger partial charge >= 0.3 is 5.97 Å². The van der Waals surface area contributed by atoms with Crippen LogP contribution in [0.25, 0.3) is 0 Å². The second-order valence-corrected chi connectivity index (χ2v) is 3.53. The Hall–Kier alpha value is -2.29. The molecule has 0 saturated heterocycles. The topological polar surface area (TPSA) is 46.5 Å². The summed E-state index contributed by atoms with van der Waals surface area (Å²) in [6, 6.07) is 16.8. The van der Waals surface area contributed by atoms with E-state index in [-0.39, 0.29) is 5.56 Å². The second kappa shape index (κ2) is 5.16. The van der Waals surface area contributed by atoms with Crippen LogP contribution in [0.4, 0.5) is 0 Å². The molecule has 0 aliphatic heterocycles. The Bertz CT molecular complexity index is 506. The average Bonchev–Trinajstić information content (AvgIpc) is 2.38. The lowest BCUT2D eigenvalue weighted by molar-refractivity contribution is 0.0696. The van der Waals surface area contributed by atoms with Gasteiger partial charge in [-0.15, -0.1) is 0 Å². The van der Waals surface area contributed by atoms with Crippen LogP contribution in [-0.4, -0.2) is 11.1 Å². The second-order valence-electron chi connectivity index (χ2n) is 3.53. The lowest BCUT2D eigenvalue weighted by Gasteiger charge is -2.06. The van der Waals surface area contributed by atoms with Gasteiger partial charge in [0, 0.05) is 0 Å². The van der Waals surface area contributed by atoms with Gasteiger partial charge in [0.25, 0.3) is 0 Å². The summed E-state index contributed by atoms with van der Waals surface area (Å²) in [5.41, 5.74) is 1.10. The van der Waals surface area contributed by atoms with Gasteiger partial charge in [-0.3, -0.25) is 0 Å². The quantitative estimate of drug-likeness (QED) is 0.873. The fourth-order valence-electron chi connectivity index (χ4n) is 1.43. The monoisotopic (exact) mass is 227 g/mol. The molecule has 0 amide bonds. The lowest BCUT2D eigenvalue weighted by Crippen LogP contribution is -2.00. The predicted molar refractivity (Wildman–Crippen MR) is 63.0 cm³/mol.